The van der Waals surface area contributed by atoms with Gasteiger partial charge in [-0.25, -0.2) is 0 Å². The molecule has 3 aromatic carbocycles. The second kappa shape index (κ2) is 12.4. The van der Waals surface area contributed by atoms with Gasteiger partial charge < -0.3 is 15.0 Å². The largest absolute Gasteiger partial charge is 0.497 e. The minimum atomic E-state index is -1.05. The number of carbonyl (C=O) groups excluding carboxylic acids is 3. The van der Waals surface area contributed by atoms with Crippen LogP contribution in [0.5, 0.6) is 5.75 Å². The number of thiophene rings is 1. The van der Waals surface area contributed by atoms with Gasteiger partial charge in [-0.1, -0.05) is 60.7 Å². The molecule has 0 aliphatic carbocycles. The highest BCUT2D eigenvalue weighted by Gasteiger charge is 2.57. The molecule has 1 saturated heterocycles. The molecule has 1 aliphatic rings. The number of nitrogens with one attached hydrogen (secondary N) is 1. The lowest BCUT2D eigenvalue weighted by molar-refractivity contribution is -0.384. The normalized spacial score (nSPS) is 19.7. The lowest BCUT2D eigenvalue weighted by atomic mass is 9.77. The lowest BCUT2D eigenvalue weighted by Gasteiger charge is -2.30. The number of likely N-dealkylation sites (tertiary alicyclic amines) is 1. The fourth-order valence-corrected chi connectivity index (χ4v) is 6.58. The van der Waals surface area contributed by atoms with E-state index in [0.29, 0.717) is 16.9 Å². The summed E-state index contributed by atoms with van der Waals surface area (Å²) in [6.45, 7) is 1.59. The number of amides is 2. The molecule has 0 spiro atoms. The first kappa shape index (κ1) is 28.7. The van der Waals surface area contributed by atoms with Gasteiger partial charge in [0.25, 0.3) is 5.69 Å². The van der Waals surface area contributed by atoms with Crippen LogP contribution < -0.4 is 10.1 Å². The number of hydrogen-bond donors (Lipinski definition) is 1. The summed E-state index contributed by atoms with van der Waals surface area (Å²) in [5.41, 5.74) is 1.74. The van der Waals surface area contributed by atoms with Crippen molar-refractivity contribution < 1.29 is 24.0 Å². The molecule has 4 unspecified atom stereocenters. The van der Waals surface area contributed by atoms with Crippen LogP contribution in [0.1, 0.15) is 45.2 Å². The zero-order chi connectivity index (χ0) is 29.8. The number of nitro groups is 1. The molecule has 0 saturated carbocycles. The Morgan fingerprint density at radius 1 is 0.952 bits per heavy atom. The quantitative estimate of drug-likeness (QED) is 0.157. The fourth-order valence-electron chi connectivity index (χ4n) is 5.71. The number of Topliss-reactive ketones (excluding diaryl/α,β-unsaturated/α-hetero) is 1. The van der Waals surface area contributed by atoms with Gasteiger partial charge in [0.15, 0.2) is 5.78 Å². The van der Waals surface area contributed by atoms with Crippen molar-refractivity contribution in [1.82, 2.24) is 10.2 Å². The molecule has 10 heteroatoms. The minimum Gasteiger partial charge on any atom is -0.497 e. The summed E-state index contributed by atoms with van der Waals surface area (Å²) in [7, 11) is 1.57. The summed E-state index contributed by atoms with van der Waals surface area (Å²) in [6.07, 6.45) is 0. The SMILES string of the molecule is COc1ccc(CNC(=O)C2C(c3ccc([N+](=O)[O-])cc3)C(C(=O)c3ccccc3)C(c3cccs3)N2C(C)=O)cc1. The van der Waals surface area contributed by atoms with Crippen LogP contribution in [0.3, 0.4) is 0 Å². The summed E-state index contributed by atoms with van der Waals surface area (Å²) < 4.78 is 5.22. The number of nitrogens with zero attached hydrogens (tertiary/aromatic N) is 2. The van der Waals surface area contributed by atoms with Crippen LogP contribution in [0.25, 0.3) is 0 Å². The standard InChI is InChI=1S/C32H29N3O6S/c1-20(36)34-29(26-9-6-18-42-26)28(31(37)23-7-4-3-5-8-23)27(22-12-14-24(15-13-22)35(39)40)30(34)32(38)33-19-21-10-16-25(41-2)17-11-21/h3-18,27-30H,19H2,1-2H3,(H,33,38). The van der Waals surface area contributed by atoms with E-state index in [1.165, 1.54) is 35.3 Å². The Kier molecular flexibility index (Phi) is 8.44. The molecule has 2 amide bonds. The van der Waals surface area contributed by atoms with Crippen molar-refractivity contribution in [2.75, 3.05) is 7.11 Å². The number of ether oxygens (including phenoxy) is 1. The van der Waals surface area contributed by atoms with Gasteiger partial charge in [-0.3, -0.25) is 24.5 Å². The molecule has 214 valence electrons. The van der Waals surface area contributed by atoms with Gasteiger partial charge in [-0.15, -0.1) is 11.3 Å². The molecule has 1 fully saturated rings. The van der Waals surface area contributed by atoms with Crippen molar-refractivity contribution in [3.63, 3.8) is 0 Å². The molecule has 1 aliphatic heterocycles. The topological polar surface area (TPSA) is 119 Å². The number of methoxy groups -OCH3 is 1. The van der Waals surface area contributed by atoms with Gasteiger partial charge in [-0.2, -0.15) is 0 Å². The Morgan fingerprint density at radius 3 is 2.21 bits per heavy atom. The predicted octanol–water partition coefficient (Wildman–Crippen LogP) is 5.54. The van der Waals surface area contributed by atoms with Crippen LogP contribution in [0.2, 0.25) is 0 Å². The zero-order valence-corrected chi connectivity index (χ0v) is 23.8. The summed E-state index contributed by atoms with van der Waals surface area (Å²) in [5, 5.41) is 16.2. The maximum atomic E-state index is 14.3. The summed E-state index contributed by atoms with van der Waals surface area (Å²) in [4.78, 5) is 54.9. The molecule has 4 atom stereocenters. The maximum Gasteiger partial charge on any atom is 0.269 e. The fraction of sp³-hybridized carbons (Fsp3) is 0.219. The van der Waals surface area contributed by atoms with Crippen molar-refractivity contribution in [2.24, 2.45) is 5.92 Å². The molecular weight excluding hydrogens is 554 g/mol. The van der Waals surface area contributed by atoms with E-state index in [9.17, 15) is 24.5 Å². The molecule has 2 heterocycles. The highest BCUT2D eigenvalue weighted by Crippen LogP contribution is 2.52. The summed E-state index contributed by atoms with van der Waals surface area (Å²) in [5.74, 6) is -1.90. The first-order valence-electron chi connectivity index (χ1n) is 13.4. The van der Waals surface area contributed by atoms with Crippen LogP contribution in [0.15, 0.2) is 96.4 Å². The average Bonchev–Trinajstić information content (AvgIpc) is 3.67. The number of nitro benzene ring substituents is 1. The van der Waals surface area contributed by atoms with E-state index in [1.54, 1.807) is 55.6 Å². The molecule has 0 radical (unpaired) electrons. The molecule has 9 nitrogen and oxygen atoms in total. The van der Waals surface area contributed by atoms with E-state index < -0.39 is 34.7 Å². The van der Waals surface area contributed by atoms with E-state index in [0.717, 1.165) is 10.4 Å². The van der Waals surface area contributed by atoms with Gasteiger partial charge in [0, 0.05) is 42.0 Å². The van der Waals surface area contributed by atoms with Crippen molar-refractivity contribution in [3.8, 4) is 5.75 Å². The smallest absolute Gasteiger partial charge is 0.269 e. The molecular formula is C32H29N3O6S. The Hall–Kier alpha value is -4.83. The molecule has 1 aromatic heterocycles. The predicted molar refractivity (Wildman–Crippen MR) is 158 cm³/mol. The van der Waals surface area contributed by atoms with Gasteiger partial charge in [0.05, 0.1) is 24.0 Å². The van der Waals surface area contributed by atoms with Crippen molar-refractivity contribution >= 4 is 34.6 Å². The van der Waals surface area contributed by atoms with Crippen LogP contribution in [0.4, 0.5) is 5.69 Å². The Bertz CT molecular complexity index is 1570. The lowest BCUT2D eigenvalue weighted by Crippen LogP contribution is -2.47. The Morgan fingerprint density at radius 2 is 1.64 bits per heavy atom. The van der Waals surface area contributed by atoms with E-state index in [1.807, 2.05) is 35.7 Å². The molecule has 5 rings (SSSR count). The van der Waals surface area contributed by atoms with Crippen LogP contribution in [-0.2, 0) is 16.1 Å². The molecule has 1 N–H and O–H groups in total. The number of non-ortho nitro benzene ring substituents is 1. The van der Waals surface area contributed by atoms with Crippen molar-refractivity contribution in [2.45, 2.75) is 31.5 Å². The van der Waals surface area contributed by atoms with Gasteiger partial charge >= 0.3 is 0 Å². The van der Waals surface area contributed by atoms with E-state index in [2.05, 4.69) is 5.32 Å². The molecule has 0 bridgehead atoms. The van der Waals surface area contributed by atoms with Gasteiger partial charge in [0.2, 0.25) is 11.8 Å². The third kappa shape index (κ3) is 5.66. The Labute approximate surface area is 246 Å². The number of ketones is 1. The van der Waals surface area contributed by atoms with Crippen LogP contribution in [-0.4, -0.2) is 40.6 Å². The van der Waals surface area contributed by atoms with Gasteiger partial charge in [0.1, 0.15) is 11.8 Å². The van der Waals surface area contributed by atoms with E-state index in [4.69, 9.17) is 4.74 Å². The second-order valence-corrected chi connectivity index (χ2v) is 11.0. The molecule has 4 aromatic rings. The van der Waals surface area contributed by atoms with Crippen LogP contribution >= 0.6 is 11.3 Å². The van der Waals surface area contributed by atoms with Crippen LogP contribution in [0, 0.1) is 16.0 Å². The number of carbonyl (C=O) groups is 3. The first-order valence-corrected chi connectivity index (χ1v) is 14.2. The van der Waals surface area contributed by atoms with E-state index in [-0.39, 0.29) is 23.9 Å². The van der Waals surface area contributed by atoms with Gasteiger partial charge in [-0.05, 0) is 34.7 Å². The number of benzene rings is 3. The maximum absolute atomic E-state index is 14.3. The van der Waals surface area contributed by atoms with Crippen molar-refractivity contribution in [3.05, 3.63) is 128 Å². The Balaban J connectivity index is 1.62. The number of hydrogen-bond acceptors (Lipinski definition) is 7. The minimum absolute atomic E-state index is 0.110. The molecule has 42 heavy (non-hydrogen) atoms. The summed E-state index contributed by atoms with van der Waals surface area (Å²) >= 11 is 1.41. The highest BCUT2D eigenvalue weighted by molar-refractivity contribution is 7.10. The third-order valence-corrected chi connectivity index (χ3v) is 8.55. The van der Waals surface area contributed by atoms with E-state index >= 15 is 0 Å². The summed E-state index contributed by atoms with van der Waals surface area (Å²) in [6, 6.07) is 23.9. The van der Waals surface area contributed by atoms with Crippen molar-refractivity contribution in [1.29, 1.82) is 0 Å². The second-order valence-electron chi connectivity index (χ2n) is 10.0. The average molecular weight is 584 g/mol. The monoisotopic (exact) mass is 583 g/mol. The number of rotatable bonds is 9. The first-order chi connectivity index (χ1) is 20.3. The zero-order valence-electron chi connectivity index (χ0n) is 23.0. The highest BCUT2D eigenvalue weighted by atomic mass is 32.1. The third-order valence-electron chi connectivity index (χ3n) is 7.61.